The molecule has 7 nitrogen and oxygen atoms in total. The van der Waals surface area contributed by atoms with E-state index in [-0.39, 0.29) is 5.91 Å². The first kappa shape index (κ1) is 17.8. The monoisotopic (exact) mass is 370 g/mol. The molecular formula is C18H18N4O3S. The number of carbonyl (C=O) groups is 1. The highest BCUT2D eigenvalue weighted by Crippen LogP contribution is 2.31. The van der Waals surface area contributed by atoms with Crippen LogP contribution in [0.3, 0.4) is 0 Å². The molecule has 3 aromatic rings. The number of anilines is 1. The van der Waals surface area contributed by atoms with Gasteiger partial charge in [-0.2, -0.15) is 0 Å². The van der Waals surface area contributed by atoms with Crippen molar-refractivity contribution in [3.05, 3.63) is 54.4 Å². The molecule has 0 aliphatic heterocycles. The first-order valence-electron chi connectivity index (χ1n) is 7.76. The van der Waals surface area contributed by atoms with E-state index >= 15 is 0 Å². The molecule has 26 heavy (non-hydrogen) atoms. The van der Waals surface area contributed by atoms with Gasteiger partial charge in [-0.25, -0.2) is 0 Å². The van der Waals surface area contributed by atoms with E-state index < -0.39 is 0 Å². The Balaban J connectivity index is 1.73. The Labute approximate surface area is 155 Å². The molecule has 1 aromatic heterocycles. The molecule has 0 aliphatic carbocycles. The molecule has 134 valence electrons. The van der Waals surface area contributed by atoms with Crippen LogP contribution < -0.4 is 14.8 Å². The second-order valence-electron chi connectivity index (χ2n) is 5.35. The Kier molecular flexibility index (Phi) is 5.43. The van der Waals surface area contributed by atoms with Crippen molar-refractivity contribution in [1.82, 2.24) is 14.8 Å². The minimum atomic E-state index is -0.269. The van der Waals surface area contributed by atoms with E-state index in [0.717, 1.165) is 10.1 Å². The van der Waals surface area contributed by atoms with Crippen LogP contribution in [0.15, 0.2) is 58.8 Å². The minimum Gasteiger partial charge on any atom is -0.493 e. The molecule has 0 aliphatic rings. The number of nitrogens with zero attached hydrogens (tertiary/aromatic N) is 3. The molecule has 1 N–H and O–H groups in total. The van der Waals surface area contributed by atoms with Crippen LogP contribution in [-0.2, 0) is 7.05 Å². The first-order chi connectivity index (χ1) is 12.6. The summed E-state index contributed by atoms with van der Waals surface area (Å²) in [5.41, 5.74) is 1.09. The summed E-state index contributed by atoms with van der Waals surface area (Å²) in [7, 11) is 4.93. The zero-order valence-electron chi connectivity index (χ0n) is 14.6. The standard InChI is InChI=1S/C18H18N4O3S/c1-22-11-19-21-18(22)26-13-9-7-12(8-10-13)20-17(23)14-5-4-6-15(24-2)16(14)25-3/h4-11H,1-3H3,(H,20,23). The van der Waals surface area contributed by atoms with Crippen molar-refractivity contribution in [2.75, 3.05) is 19.5 Å². The van der Waals surface area contributed by atoms with Gasteiger partial charge in [0.1, 0.15) is 6.33 Å². The fourth-order valence-corrected chi connectivity index (χ4v) is 3.10. The lowest BCUT2D eigenvalue weighted by Crippen LogP contribution is -2.13. The zero-order valence-corrected chi connectivity index (χ0v) is 15.4. The van der Waals surface area contributed by atoms with Crippen LogP contribution in [0.5, 0.6) is 11.5 Å². The highest BCUT2D eigenvalue weighted by atomic mass is 32.2. The van der Waals surface area contributed by atoms with Crippen LogP contribution in [0, 0.1) is 0 Å². The molecule has 0 saturated heterocycles. The molecule has 8 heteroatoms. The maximum absolute atomic E-state index is 12.6. The molecule has 0 fully saturated rings. The number of amides is 1. The number of hydrogen-bond donors (Lipinski definition) is 1. The van der Waals surface area contributed by atoms with Gasteiger partial charge in [0.25, 0.3) is 5.91 Å². The average molecular weight is 370 g/mol. The number of para-hydroxylation sites is 1. The van der Waals surface area contributed by atoms with Crippen LogP contribution in [-0.4, -0.2) is 34.9 Å². The third-order valence-corrected chi connectivity index (χ3v) is 4.70. The summed E-state index contributed by atoms with van der Waals surface area (Å²) in [5.74, 6) is 0.645. The van der Waals surface area contributed by atoms with Crippen molar-refractivity contribution in [3.8, 4) is 11.5 Å². The second-order valence-corrected chi connectivity index (χ2v) is 6.39. The smallest absolute Gasteiger partial charge is 0.259 e. The third kappa shape index (κ3) is 3.80. The summed E-state index contributed by atoms with van der Waals surface area (Å²) in [6, 6.07) is 12.7. The average Bonchev–Trinajstić information content (AvgIpc) is 3.07. The van der Waals surface area contributed by atoms with Gasteiger partial charge >= 0.3 is 0 Å². The van der Waals surface area contributed by atoms with Crippen molar-refractivity contribution < 1.29 is 14.3 Å². The number of rotatable bonds is 6. The van der Waals surface area contributed by atoms with Gasteiger partial charge in [-0.3, -0.25) is 4.79 Å². The largest absolute Gasteiger partial charge is 0.493 e. The minimum absolute atomic E-state index is 0.269. The van der Waals surface area contributed by atoms with Gasteiger partial charge in [0.15, 0.2) is 16.7 Å². The van der Waals surface area contributed by atoms with Gasteiger partial charge < -0.3 is 19.4 Å². The molecule has 2 aromatic carbocycles. The fraction of sp³-hybridized carbons (Fsp3) is 0.167. The first-order valence-corrected chi connectivity index (χ1v) is 8.58. The molecule has 1 amide bonds. The van der Waals surface area contributed by atoms with Crippen molar-refractivity contribution in [2.45, 2.75) is 10.1 Å². The van der Waals surface area contributed by atoms with Crippen LogP contribution in [0.1, 0.15) is 10.4 Å². The molecular weight excluding hydrogens is 352 g/mol. The highest BCUT2D eigenvalue weighted by Gasteiger charge is 2.16. The lowest BCUT2D eigenvalue weighted by Gasteiger charge is -2.12. The number of methoxy groups -OCH3 is 2. The third-order valence-electron chi connectivity index (χ3n) is 3.64. The van der Waals surface area contributed by atoms with Gasteiger partial charge in [0, 0.05) is 17.6 Å². The van der Waals surface area contributed by atoms with Crippen molar-refractivity contribution in [2.24, 2.45) is 7.05 Å². The van der Waals surface area contributed by atoms with Gasteiger partial charge in [-0.1, -0.05) is 6.07 Å². The lowest BCUT2D eigenvalue weighted by molar-refractivity contribution is 0.102. The van der Waals surface area contributed by atoms with E-state index in [1.54, 1.807) is 24.5 Å². The molecule has 0 saturated carbocycles. The van der Waals surface area contributed by atoms with E-state index in [4.69, 9.17) is 9.47 Å². The van der Waals surface area contributed by atoms with Gasteiger partial charge in [0.05, 0.1) is 19.8 Å². The van der Waals surface area contributed by atoms with Gasteiger partial charge in [-0.05, 0) is 48.2 Å². The Hall–Kier alpha value is -3.00. The SMILES string of the molecule is COc1cccc(C(=O)Nc2ccc(Sc3nncn3C)cc2)c1OC. The lowest BCUT2D eigenvalue weighted by atomic mass is 10.1. The number of aromatic nitrogens is 3. The van der Waals surface area contributed by atoms with E-state index in [9.17, 15) is 4.79 Å². The van der Waals surface area contributed by atoms with Crippen molar-refractivity contribution in [1.29, 1.82) is 0 Å². The van der Waals surface area contributed by atoms with Crippen LogP contribution in [0.2, 0.25) is 0 Å². The second kappa shape index (κ2) is 7.92. The van der Waals surface area contributed by atoms with E-state index in [2.05, 4.69) is 15.5 Å². The molecule has 0 radical (unpaired) electrons. The van der Waals surface area contributed by atoms with Crippen LogP contribution >= 0.6 is 11.8 Å². The predicted molar refractivity (Wildman–Crippen MR) is 99.1 cm³/mol. The Bertz CT molecular complexity index is 909. The molecule has 1 heterocycles. The molecule has 3 rings (SSSR count). The molecule has 0 atom stereocenters. The van der Waals surface area contributed by atoms with Gasteiger partial charge in [0.2, 0.25) is 0 Å². The molecule has 0 spiro atoms. The van der Waals surface area contributed by atoms with Crippen molar-refractivity contribution in [3.63, 3.8) is 0 Å². The highest BCUT2D eigenvalue weighted by molar-refractivity contribution is 7.99. The summed E-state index contributed by atoms with van der Waals surface area (Å²) >= 11 is 1.50. The number of aryl methyl sites for hydroxylation is 1. The predicted octanol–water partition coefficient (Wildman–Crippen LogP) is 3.24. The Morgan fingerprint density at radius 3 is 2.50 bits per heavy atom. The maximum atomic E-state index is 12.6. The summed E-state index contributed by atoms with van der Waals surface area (Å²) < 4.78 is 12.4. The van der Waals surface area contributed by atoms with E-state index in [1.807, 2.05) is 35.9 Å². The van der Waals surface area contributed by atoms with E-state index in [1.165, 1.54) is 26.0 Å². The zero-order chi connectivity index (χ0) is 18.5. The topological polar surface area (TPSA) is 78.3 Å². The van der Waals surface area contributed by atoms with Gasteiger partial charge in [-0.15, -0.1) is 10.2 Å². The molecule has 0 bridgehead atoms. The Morgan fingerprint density at radius 1 is 1.12 bits per heavy atom. The maximum Gasteiger partial charge on any atom is 0.259 e. The summed E-state index contributed by atoms with van der Waals surface area (Å²) in [6.45, 7) is 0. The number of hydrogen-bond acceptors (Lipinski definition) is 6. The van der Waals surface area contributed by atoms with E-state index in [0.29, 0.717) is 22.7 Å². The number of carbonyl (C=O) groups excluding carboxylic acids is 1. The van der Waals surface area contributed by atoms with Crippen LogP contribution in [0.4, 0.5) is 5.69 Å². The summed E-state index contributed by atoms with van der Waals surface area (Å²) in [4.78, 5) is 13.6. The Morgan fingerprint density at radius 2 is 1.88 bits per heavy atom. The van der Waals surface area contributed by atoms with Crippen LogP contribution in [0.25, 0.3) is 0 Å². The fourth-order valence-electron chi connectivity index (χ4n) is 2.34. The molecule has 0 unspecified atom stereocenters. The van der Waals surface area contributed by atoms with Crippen molar-refractivity contribution >= 4 is 23.4 Å². The summed E-state index contributed by atoms with van der Waals surface area (Å²) in [5, 5.41) is 11.5. The normalized spacial score (nSPS) is 10.4. The quantitative estimate of drug-likeness (QED) is 0.718. The summed E-state index contributed by atoms with van der Waals surface area (Å²) in [6.07, 6.45) is 1.65. The number of nitrogens with one attached hydrogen (secondary N) is 1. The number of ether oxygens (including phenoxy) is 2. The number of benzene rings is 2.